The molecule has 0 aliphatic carbocycles. The molecule has 1 fully saturated rings. The molecular weight excluding hydrogens is 432 g/mol. The third-order valence-electron chi connectivity index (χ3n) is 6.42. The number of nitrogens with zero attached hydrogens (tertiary/aromatic N) is 3. The molecule has 5 N–H and O–H groups in total. The number of H-pyrrole nitrogens is 1. The van der Waals surface area contributed by atoms with Crippen LogP contribution < -0.4 is 11.5 Å². The highest BCUT2D eigenvalue weighted by molar-refractivity contribution is 6.35. The number of hydrogen-bond donors (Lipinski definition) is 3. The van der Waals surface area contributed by atoms with Gasteiger partial charge in [-0.05, 0) is 36.6 Å². The second kappa shape index (κ2) is 9.89. The third-order valence-corrected chi connectivity index (χ3v) is 6.73. The summed E-state index contributed by atoms with van der Waals surface area (Å²) in [7, 11) is 0. The number of rotatable bonds is 8. The number of aromatic nitrogens is 2. The van der Waals surface area contributed by atoms with Crippen molar-refractivity contribution in [1.82, 2.24) is 19.8 Å². The minimum absolute atomic E-state index is 0.345. The molecule has 0 radical (unpaired) electrons. The summed E-state index contributed by atoms with van der Waals surface area (Å²) in [6, 6.07) is 9.88. The number of pyridine rings is 1. The van der Waals surface area contributed by atoms with E-state index in [1.807, 2.05) is 18.2 Å². The first-order valence-corrected chi connectivity index (χ1v) is 11.9. The van der Waals surface area contributed by atoms with Crippen molar-refractivity contribution in [3.05, 3.63) is 65.5 Å². The Kier molecular flexibility index (Phi) is 6.96. The summed E-state index contributed by atoms with van der Waals surface area (Å²) in [5, 5.41) is 1.56. The van der Waals surface area contributed by atoms with Gasteiger partial charge in [0.2, 0.25) is 0 Å². The molecule has 1 aliphatic rings. The number of fused-ring (bicyclic) bond motifs is 1. The molecule has 3 heterocycles. The van der Waals surface area contributed by atoms with Gasteiger partial charge < -0.3 is 26.3 Å². The third kappa shape index (κ3) is 4.87. The smallest absolute Gasteiger partial charge is 0.101 e. The van der Waals surface area contributed by atoms with Crippen LogP contribution in [-0.4, -0.2) is 45.9 Å². The molecule has 1 aromatic carbocycles. The second-order valence-electron chi connectivity index (χ2n) is 8.63. The van der Waals surface area contributed by atoms with Crippen LogP contribution in [0.15, 0.2) is 49.2 Å². The highest BCUT2D eigenvalue weighted by atomic mass is 35.5. The number of nitrogens with two attached hydrogens (primary N) is 2. The van der Waals surface area contributed by atoms with E-state index in [0.29, 0.717) is 17.4 Å². The van der Waals surface area contributed by atoms with E-state index < -0.39 is 0 Å². The van der Waals surface area contributed by atoms with Gasteiger partial charge in [-0.3, -0.25) is 0 Å². The van der Waals surface area contributed by atoms with Crippen LogP contribution >= 0.6 is 11.6 Å². The van der Waals surface area contributed by atoms with E-state index in [1.54, 1.807) is 0 Å². The van der Waals surface area contributed by atoms with E-state index in [0.717, 1.165) is 71.7 Å². The van der Waals surface area contributed by atoms with Crippen LogP contribution in [0.5, 0.6) is 0 Å². The lowest BCUT2D eigenvalue weighted by atomic mass is 10.1. The van der Waals surface area contributed by atoms with Crippen molar-refractivity contribution >= 4 is 34.0 Å². The lowest BCUT2D eigenvalue weighted by molar-refractivity contribution is 0.209. The number of anilines is 1. The van der Waals surface area contributed by atoms with Gasteiger partial charge in [-0.1, -0.05) is 50.2 Å². The average Bonchev–Trinajstić information content (AvgIpc) is 3.22. The summed E-state index contributed by atoms with van der Waals surface area (Å²) in [5.74, 6) is 0.558. The number of aromatic amines is 1. The monoisotopic (exact) mass is 464 g/mol. The largest absolute Gasteiger partial charge is 0.385 e. The van der Waals surface area contributed by atoms with Crippen LogP contribution in [0.1, 0.15) is 37.4 Å². The normalized spacial score (nSPS) is 14.2. The minimum Gasteiger partial charge on any atom is -0.385 e. The molecule has 33 heavy (non-hydrogen) atoms. The van der Waals surface area contributed by atoms with Crippen molar-refractivity contribution in [3.8, 4) is 11.3 Å². The molecule has 0 amide bonds. The Morgan fingerprint density at radius 1 is 1.12 bits per heavy atom. The number of benzene rings is 1. The minimum atomic E-state index is 0.345. The van der Waals surface area contributed by atoms with Gasteiger partial charge in [0.25, 0.3) is 0 Å². The van der Waals surface area contributed by atoms with E-state index in [4.69, 9.17) is 28.1 Å². The summed E-state index contributed by atoms with van der Waals surface area (Å²) in [4.78, 5) is 12.7. The molecule has 1 aliphatic heterocycles. The van der Waals surface area contributed by atoms with Crippen LogP contribution in [0.4, 0.5) is 5.82 Å². The number of halogens is 1. The van der Waals surface area contributed by atoms with E-state index in [-0.39, 0.29) is 0 Å². The summed E-state index contributed by atoms with van der Waals surface area (Å²) in [5.41, 5.74) is 18.4. The molecule has 174 valence electrons. The van der Waals surface area contributed by atoms with Crippen LogP contribution in [0.25, 0.3) is 27.9 Å². The van der Waals surface area contributed by atoms with Gasteiger partial charge in [-0.25, -0.2) is 4.98 Å². The molecule has 0 atom stereocenters. The van der Waals surface area contributed by atoms with Crippen molar-refractivity contribution in [2.45, 2.75) is 32.7 Å². The number of allylic oxidation sites excluding steroid dienone is 1. The number of hydrogen-bond acceptors (Lipinski definition) is 5. The van der Waals surface area contributed by atoms with Crippen molar-refractivity contribution in [1.29, 1.82) is 0 Å². The van der Waals surface area contributed by atoms with Crippen molar-refractivity contribution < 1.29 is 0 Å². The maximum atomic E-state index is 6.62. The van der Waals surface area contributed by atoms with Gasteiger partial charge in [0.15, 0.2) is 0 Å². The zero-order chi connectivity index (χ0) is 23.5. The molecule has 6 nitrogen and oxygen atoms in total. The van der Waals surface area contributed by atoms with Crippen LogP contribution in [0, 0.1) is 0 Å². The Bertz CT molecular complexity index is 1170. The predicted molar refractivity (Wildman–Crippen MR) is 140 cm³/mol. The standard InChI is InChI=1S/C26H33ClN6/c1-4-5-6-17(2)32-9-11-33(12-10-32)18(3)19-7-8-20-22(27)15-24(30-23(20)13-19)21-14-26(29)31-25(21)16-28/h7-8,13-15,31H,2-6,9-12,16,28-29H2,1H3. The molecule has 0 unspecified atom stereocenters. The maximum Gasteiger partial charge on any atom is 0.101 e. The van der Waals surface area contributed by atoms with Gasteiger partial charge in [-0.2, -0.15) is 0 Å². The number of nitrogens with one attached hydrogen (secondary N) is 1. The molecule has 0 bridgehead atoms. The van der Waals surface area contributed by atoms with Crippen molar-refractivity contribution in [2.75, 3.05) is 31.9 Å². The molecule has 1 saturated heterocycles. The summed E-state index contributed by atoms with van der Waals surface area (Å²) in [6.07, 6.45) is 3.47. The first-order valence-electron chi connectivity index (χ1n) is 11.6. The molecule has 0 saturated carbocycles. The fourth-order valence-corrected chi connectivity index (χ4v) is 4.69. The lowest BCUT2D eigenvalue weighted by Gasteiger charge is -2.39. The molecule has 2 aromatic heterocycles. The Morgan fingerprint density at radius 2 is 1.85 bits per heavy atom. The zero-order valence-corrected chi connectivity index (χ0v) is 20.1. The van der Waals surface area contributed by atoms with E-state index in [2.05, 4.69) is 47.0 Å². The van der Waals surface area contributed by atoms with Gasteiger partial charge in [0.05, 0.1) is 16.2 Å². The topological polar surface area (TPSA) is 87.2 Å². The summed E-state index contributed by atoms with van der Waals surface area (Å²) in [6.45, 7) is 15.0. The highest BCUT2D eigenvalue weighted by Gasteiger charge is 2.20. The van der Waals surface area contributed by atoms with Crippen LogP contribution in [-0.2, 0) is 6.54 Å². The van der Waals surface area contributed by atoms with Crippen LogP contribution in [0.2, 0.25) is 5.02 Å². The fourth-order valence-electron chi connectivity index (χ4n) is 4.43. The van der Waals surface area contributed by atoms with Gasteiger partial charge in [0.1, 0.15) is 5.82 Å². The van der Waals surface area contributed by atoms with Crippen LogP contribution in [0.3, 0.4) is 0 Å². The summed E-state index contributed by atoms with van der Waals surface area (Å²) < 4.78 is 0. The first-order chi connectivity index (χ1) is 15.9. The fraction of sp³-hybridized carbons (Fsp3) is 0.346. The van der Waals surface area contributed by atoms with E-state index >= 15 is 0 Å². The molecule has 3 aromatic rings. The van der Waals surface area contributed by atoms with Gasteiger partial charge >= 0.3 is 0 Å². The Hall–Kier alpha value is -2.96. The Balaban J connectivity index is 1.55. The Morgan fingerprint density at radius 3 is 2.55 bits per heavy atom. The molecule has 7 heteroatoms. The lowest BCUT2D eigenvalue weighted by Crippen LogP contribution is -2.44. The highest BCUT2D eigenvalue weighted by Crippen LogP contribution is 2.32. The number of unbranched alkanes of at least 4 members (excludes halogenated alkanes) is 1. The molecular formula is C26H33ClN6. The molecule has 0 spiro atoms. The van der Waals surface area contributed by atoms with Gasteiger partial charge in [-0.15, -0.1) is 0 Å². The maximum absolute atomic E-state index is 6.62. The quantitative estimate of drug-likeness (QED) is 0.425. The van der Waals surface area contributed by atoms with Gasteiger partial charge in [0, 0.05) is 60.8 Å². The predicted octanol–water partition coefficient (Wildman–Crippen LogP) is 5.22. The number of piperazine rings is 1. The number of nitrogen functional groups attached to an aromatic ring is 1. The van der Waals surface area contributed by atoms with Crippen molar-refractivity contribution in [2.24, 2.45) is 5.73 Å². The van der Waals surface area contributed by atoms with E-state index in [9.17, 15) is 0 Å². The van der Waals surface area contributed by atoms with Crippen molar-refractivity contribution in [3.63, 3.8) is 0 Å². The van der Waals surface area contributed by atoms with E-state index in [1.165, 1.54) is 18.5 Å². The average molecular weight is 465 g/mol. The first kappa shape index (κ1) is 23.2. The zero-order valence-electron chi connectivity index (χ0n) is 19.3. The second-order valence-corrected chi connectivity index (χ2v) is 9.04. The molecule has 4 rings (SSSR count). The SMILES string of the molecule is C=C(CCCC)N1CCN(C(=C)c2ccc3c(Cl)cc(-c4cc(N)[nH]c4CN)nc3c2)CC1. The summed E-state index contributed by atoms with van der Waals surface area (Å²) >= 11 is 6.62. The Labute approximate surface area is 200 Å².